The van der Waals surface area contributed by atoms with Gasteiger partial charge in [0.15, 0.2) is 11.5 Å². The standard InChI is InChI=1S/C18H22O6/c1-6-17(19)24-13(4)23-15-9-7-14(11-16(15)21-5)8-10-18(20)22-12(2)3/h6-13H,1H2,2-5H3/b10-8+. The van der Waals surface area contributed by atoms with Gasteiger partial charge in [0.2, 0.25) is 6.29 Å². The summed E-state index contributed by atoms with van der Waals surface area (Å²) in [5.41, 5.74) is 0.732. The van der Waals surface area contributed by atoms with Crippen LogP contribution in [0.2, 0.25) is 0 Å². The molecule has 1 aromatic rings. The van der Waals surface area contributed by atoms with Crippen molar-refractivity contribution in [3.8, 4) is 11.5 Å². The van der Waals surface area contributed by atoms with Crippen molar-refractivity contribution in [2.24, 2.45) is 0 Å². The van der Waals surface area contributed by atoms with E-state index >= 15 is 0 Å². The number of esters is 2. The molecule has 1 atom stereocenters. The highest BCUT2D eigenvalue weighted by Gasteiger charge is 2.12. The Morgan fingerprint density at radius 1 is 1.08 bits per heavy atom. The maximum absolute atomic E-state index is 11.5. The summed E-state index contributed by atoms with van der Waals surface area (Å²) < 4.78 is 20.7. The van der Waals surface area contributed by atoms with Gasteiger partial charge in [-0.05, 0) is 37.6 Å². The minimum Gasteiger partial charge on any atom is -0.493 e. The third kappa shape index (κ3) is 6.56. The number of ether oxygens (including phenoxy) is 4. The highest BCUT2D eigenvalue weighted by atomic mass is 16.7. The van der Waals surface area contributed by atoms with E-state index in [9.17, 15) is 9.59 Å². The lowest BCUT2D eigenvalue weighted by molar-refractivity contribution is -0.155. The monoisotopic (exact) mass is 334 g/mol. The highest BCUT2D eigenvalue weighted by molar-refractivity contribution is 5.87. The molecule has 0 amide bonds. The van der Waals surface area contributed by atoms with Gasteiger partial charge in [-0.2, -0.15) is 0 Å². The quantitative estimate of drug-likeness (QED) is 0.413. The van der Waals surface area contributed by atoms with E-state index in [-0.39, 0.29) is 6.10 Å². The number of carbonyl (C=O) groups is 2. The normalized spacial score (nSPS) is 11.9. The molecule has 6 nitrogen and oxygen atoms in total. The molecular weight excluding hydrogens is 312 g/mol. The molecule has 0 heterocycles. The summed E-state index contributed by atoms with van der Waals surface area (Å²) in [5, 5.41) is 0. The van der Waals surface area contributed by atoms with Gasteiger partial charge >= 0.3 is 11.9 Å². The zero-order chi connectivity index (χ0) is 18.1. The zero-order valence-electron chi connectivity index (χ0n) is 14.3. The van der Waals surface area contributed by atoms with Crippen LogP contribution in [0, 0.1) is 0 Å². The second-order valence-electron chi connectivity index (χ2n) is 5.06. The SMILES string of the molecule is C=CC(=O)OC(C)Oc1ccc(/C=C/C(=O)OC(C)C)cc1OC. The molecule has 0 aliphatic rings. The Balaban J connectivity index is 2.81. The van der Waals surface area contributed by atoms with Gasteiger partial charge in [-0.25, -0.2) is 9.59 Å². The Kier molecular flexibility index (Phi) is 7.55. The van der Waals surface area contributed by atoms with Crippen molar-refractivity contribution in [1.29, 1.82) is 0 Å². The molecular formula is C18H22O6. The molecule has 1 rings (SSSR count). The molecule has 6 heteroatoms. The van der Waals surface area contributed by atoms with E-state index in [0.29, 0.717) is 11.5 Å². The molecule has 0 N–H and O–H groups in total. The van der Waals surface area contributed by atoms with Gasteiger partial charge in [-0.3, -0.25) is 0 Å². The summed E-state index contributed by atoms with van der Waals surface area (Å²) in [6, 6.07) is 5.08. The minimum atomic E-state index is -0.799. The van der Waals surface area contributed by atoms with Gasteiger partial charge in [0.1, 0.15) is 0 Å². The van der Waals surface area contributed by atoms with Crippen molar-refractivity contribution in [2.75, 3.05) is 7.11 Å². The third-order valence-electron chi connectivity index (χ3n) is 2.69. The minimum absolute atomic E-state index is 0.174. The third-order valence-corrected chi connectivity index (χ3v) is 2.69. The number of benzene rings is 1. The Bertz CT molecular complexity index is 618. The van der Waals surface area contributed by atoms with Crippen LogP contribution in [0.25, 0.3) is 6.08 Å². The molecule has 0 spiro atoms. The first-order valence-corrected chi connectivity index (χ1v) is 7.42. The Labute approximate surface area is 141 Å². The van der Waals surface area contributed by atoms with Gasteiger partial charge < -0.3 is 18.9 Å². The van der Waals surface area contributed by atoms with E-state index in [0.717, 1.165) is 11.6 Å². The summed E-state index contributed by atoms with van der Waals surface area (Å²) in [6.45, 7) is 8.46. The maximum atomic E-state index is 11.5. The van der Waals surface area contributed by atoms with Crippen LogP contribution in [0.5, 0.6) is 11.5 Å². The smallest absolute Gasteiger partial charge is 0.333 e. The van der Waals surface area contributed by atoms with Crippen LogP contribution in [0.3, 0.4) is 0 Å². The van der Waals surface area contributed by atoms with E-state index < -0.39 is 18.2 Å². The predicted octanol–water partition coefficient (Wildman–Crippen LogP) is 3.11. The van der Waals surface area contributed by atoms with E-state index in [1.165, 1.54) is 13.2 Å². The number of hydrogen-bond acceptors (Lipinski definition) is 6. The second-order valence-corrected chi connectivity index (χ2v) is 5.06. The molecule has 0 bridgehead atoms. The first-order valence-electron chi connectivity index (χ1n) is 7.42. The molecule has 0 radical (unpaired) electrons. The van der Waals surface area contributed by atoms with Gasteiger partial charge in [0, 0.05) is 19.1 Å². The van der Waals surface area contributed by atoms with Crippen LogP contribution in [0.4, 0.5) is 0 Å². The van der Waals surface area contributed by atoms with Crippen molar-refractivity contribution >= 4 is 18.0 Å². The Morgan fingerprint density at radius 2 is 1.79 bits per heavy atom. The lowest BCUT2D eigenvalue weighted by atomic mass is 10.2. The molecule has 1 unspecified atom stereocenters. The van der Waals surface area contributed by atoms with Gasteiger partial charge in [0.25, 0.3) is 0 Å². The van der Waals surface area contributed by atoms with Crippen LogP contribution in [-0.4, -0.2) is 31.4 Å². The Morgan fingerprint density at radius 3 is 2.38 bits per heavy atom. The van der Waals surface area contributed by atoms with Crippen molar-refractivity contribution in [2.45, 2.75) is 33.2 Å². The van der Waals surface area contributed by atoms with Crippen LogP contribution in [-0.2, 0) is 19.1 Å². The van der Waals surface area contributed by atoms with Gasteiger partial charge in [-0.15, -0.1) is 0 Å². The van der Waals surface area contributed by atoms with E-state index in [1.807, 2.05) is 0 Å². The summed E-state index contributed by atoms with van der Waals surface area (Å²) in [6.07, 6.45) is 3.03. The highest BCUT2D eigenvalue weighted by Crippen LogP contribution is 2.29. The van der Waals surface area contributed by atoms with Crippen LogP contribution in [0.15, 0.2) is 36.9 Å². The molecule has 1 aromatic carbocycles. The molecule has 0 saturated carbocycles. The van der Waals surface area contributed by atoms with E-state index in [2.05, 4.69) is 6.58 Å². The van der Waals surface area contributed by atoms with Crippen molar-refractivity contribution < 1.29 is 28.5 Å². The number of rotatable bonds is 8. The van der Waals surface area contributed by atoms with Crippen molar-refractivity contribution in [1.82, 2.24) is 0 Å². The molecule has 0 aliphatic carbocycles. The van der Waals surface area contributed by atoms with Crippen LogP contribution < -0.4 is 9.47 Å². The van der Waals surface area contributed by atoms with E-state index in [4.69, 9.17) is 18.9 Å². The lowest BCUT2D eigenvalue weighted by Crippen LogP contribution is -2.19. The number of methoxy groups -OCH3 is 1. The fourth-order valence-corrected chi connectivity index (χ4v) is 1.74. The second kappa shape index (κ2) is 9.39. The van der Waals surface area contributed by atoms with Crippen LogP contribution >= 0.6 is 0 Å². The zero-order valence-corrected chi connectivity index (χ0v) is 14.3. The molecule has 130 valence electrons. The molecule has 0 aliphatic heterocycles. The summed E-state index contributed by atoms with van der Waals surface area (Å²) >= 11 is 0. The predicted molar refractivity (Wildman–Crippen MR) is 89.6 cm³/mol. The largest absolute Gasteiger partial charge is 0.493 e. The van der Waals surface area contributed by atoms with Crippen LogP contribution in [0.1, 0.15) is 26.3 Å². The van der Waals surface area contributed by atoms with Gasteiger partial charge in [0.05, 0.1) is 13.2 Å². The van der Waals surface area contributed by atoms with E-state index in [1.54, 1.807) is 45.0 Å². The first-order chi connectivity index (χ1) is 11.3. The lowest BCUT2D eigenvalue weighted by Gasteiger charge is -2.16. The summed E-state index contributed by atoms with van der Waals surface area (Å²) in [5.74, 6) is -0.154. The average molecular weight is 334 g/mol. The summed E-state index contributed by atoms with van der Waals surface area (Å²) in [7, 11) is 1.49. The maximum Gasteiger partial charge on any atom is 0.333 e. The van der Waals surface area contributed by atoms with Gasteiger partial charge in [-0.1, -0.05) is 12.6 Å². The average Bonchev–Trinajstić information content (AvgIpc) is 2.52. The molecule has 0 fully saturated rings. The fourth-order valence-electron chi connectivity index (χ4n) is 1.74. The topological polar surface area (TPSA) is 71.1 Å². The Hall–Kier alpha value is -2.76. The molecule has 24 heavy (non-hydrogen) atoms. The number of hydrogen-bond donors (Lipinski definition) is 0. The molecule has 0 aromatic heterocycles. The van der Waals surface area contributed by atoms with Crippen molar-refractivity contribution in [3.63, 3.8) is 0 Å². The number of carbonyl (C=O) groups excluding carboxylic acids is 2. The van der Waals surface area contributed by atoms with Crippen molar-refractivity contribution in [3.05, 3.63) is 42.5 Å². The molecule has 0 saturated heterocycles. The summed E-state index contributed by atoms with van der Waals surface area (Å²) in [4.78, 5) is 22.6. The fraction of sp³-hybridized carbons (Fsp3) is 0.333. The first kappa shape index (κ1) is 19.3.